The van der Waals surface area contributed by atoms with Crippen LogP contribution in [-0.4, -0.2) is 40.5 Å². The molecule has 194 valence electrons. The Labute approximate surface area is 217 Å². The number of benzene rings is 2. The van der Waals surface area contributed by atoms with E-state index >= 15 is 0 Å². The summed E-state index contributed by atoms with van der Waals surface area (Å²) >= 11 is 0. The highest BCUT2D eigenvalue weighted by Gasteiger charge is 2.27. The molecule has 0 aliphatic heterocycles. The summed E-state index contributed by atoms with van der Waals surface area (Å²) < 4.78 is 0. The number of carbonyl (C=O) groups excluding carboxylic acids is 2. The molecule has 8 heteroatoms. The summed E-state index contributed by atoms with van der Waals surface area (Å²) in [4.78, 5) is 41.4. The van der Waals surface area contributed by atoms with Crippen molar-refractivity contribution >= 4 is 23.6 Å². The normalized spacial score (nSPS) is 12.4. The highest BCUT2D eigenvalue weighted by Crippen LogP contribution is 2.24. The van der Waals surface area contributed by atoms with Crippen LogP contribution in [0.25, 0.3) is 11.1 Å². The molecule has 3 rings (SSSR count). The van der Waals surface area contributed by atoms with E-state index in [0.29, 0.717) is 18.5 Å². The second kappa shape index (κ2) is 13.8. The number of pyridine rings is 1. The lowest BCUT2D eigenvalue weighted by Gasteiger charge is -2.25. The molecule has 0 fully saturated rings. The second-order valence-corrected chi connectivity index (χ2v) is 9.18. The lowest BCUT2D eigenvalue weighted by molar-refractivity contribution is -0.138. The zero-order chi connectivity index (χ0) is 26.6. The maximum Gasteiger partial charge on any atom is 0.305 e. The third kappa shape index (κ3) is 8.75. The Balaban J connectivity index is 1.59. The number of nitrogens with one attached hydrogen (secondary N) is 3. The summed E-state index contributed by atoms with van der Waals surface area (Å²) in [5.41, 5.74) is 2.73. The van der Waals surface area contributed by atoms with Crippen molar-refractivity contribution in [3.8, 4) is 11.1 Å². The molecule has 1 unspecified atom stereocenters. The Morgan fingerprint density at radius 1 is 0.865 bits per heavy atom. The molecule has 0 spiro atoms. The first-order valence-electron chi connectivity index (χ1n) is 12.5. The number of carbonyl (C=O) groups is 3. The SMILES string of the molecule is CC(C)[C@@H](NC(=O)CCCNc1ccccn1)C(=O)NC(CC(=O)O)c1ccc(-c2ccccc2)cc1. The van der Waals surface area contributed by atoms with Gasteiger partial charge in [-0.1, -0.05) is 74.5 Å². The fraction of sp³-hybridized carbons (Fsp3) is 0.310. The van der Waals surface area contributed by atoms with Crippen molar-refractivity contribution < 1.29 is 19.5 Å². The summed E-state index contributed by atoms with van der Waals surface area (Å²) in [7, 11) is 0. The Hall–Kier alpha value is -4.20. The van der Waals surface area contributed by atoms with Crippen LogP contribution < -0.4 is 16.0 Å². The highest BCUT2D eigenvalue weighted by atomic mass is 16.4. The van der Waals surface area contributed by atoms with Gasteiger partial charge in [-0.25, -0.2) is 4.98 Å². The van der Waals surface area contributed by atoms with E-state index in [1.54, 1.807) is 6.20 Å². The van der Waals surface area contributed by atoms with Gasteiger partial charge in [-0.05, 0) is 41.2 Å². The second-order valence-electron chi connectivity index (χ2n) is 9.18. The van der Waals surface area contributed by atoms with Crippen LogP contribution in [0, 0.1) is 5.92 Å². The zero-order valence-electron chi connectivity index (χ0n) is 21.2. The molecule has 1 heterocycles. The van der Waals surface area contributed by atoms with Gasteiger partial charge in [-0.2, -0.15) is 0 Å². The van der Waals surface area contributed by atoms with E-state index in [-0.39, 0.29) is 24.7 Å². The monoisotopic (exact) mass is 502 g/mol. The van der Waals surface area contributed by atoms with Crippen LogP contribution in [0.4, 0.5) is 5.82 Å². The molecule has 2 amide bonds. The molecular weight excluding hydrogens is 468 g/mol. The number of hydrogen-bond donors (Lipinski definition) is 4. The van der Waals surface area contributed by atoms with Crippen LogP contribution in [-0.2, 0) is 14.4 Å². The number of rotatable bonds is 13. The van der Waals surface area contributed by atoms with Gasteiger partial charge in [0.2, 0.25) is 11.8 Å². The van der Waals surface area contributed by atoms with Crippen LogP contribution in [0.3, 0.4) is 0 Å². The standard InChI is InChI=1S/C29H34N4O4/c1-20(2)28(33-26(34)12-8-18-31-25-11-6-7-17-30-25)29(37)32-24(19-27(35)36)23-15-13-22(14-16-23)21-9-4-3-5-10-21/h3-7,9-11,13-17,20,24,28H,8,12,18-19H2,1-2H3,(H,30,31)(H,32,37)(H,33,34)(H,35,36)/t24?,28-/m1/s1. The average molecular weight is 503 g/mol. The van der Waals surface area contributed by atoms with Gasteiger partial charge in [0, 0.05) is 19.2 Å². The van der Waals surface area contributed by atoms with Crippen molar-refractivity contribution in [2.45, 2.75) is 45.2 Å². The fourth-order valence-electron chi connectivity index (χ4n) is 3.94. The number of aromatic nitrogens is 1. The van der Waals surface area contributed by atoms with Crippen molar-refractivity contribution in [2.24, 2.45) is 5.92 Å². The van der Waals surface area contributed by atoms with Gasteiger partial charge in [0.15, 0.2) is 0 Å². The molecule has 3 aromatic rings. The Morgan fingerprint density at radius 3 is 2.16 bits per heavy atom. The van der Waals surface area contributed by atoms with Crippen molar-refractivity contribution in [1.29, 1.82) is 0 Å². The zero-order valence-corrected chi connectivity index (χ0v) is 21.2. The third-order valence-electron chi connectivity index (χ3n) is 5.93. The van der Waals surface area contributed by atoms with E-state index in [1.165, 1.54) is 0 Å². The quantitative estimate of drug-likeness (QED) is 0.257. The van der Waals surface area contributed by atoms with Gasteiger partial charge >= 0.3 is 5.97 Å². The maximum atomic E-state index is 13.1. The maximum absolute atomic E-state index is 13.1. The summed E-state index contributed by atoms with van der Waals surface area (Å²) in [6, 6.07) is 21.4. The molecule has 8 nitrogen and oxygen atoms in total. The van der Waals surface area contributed by atoms with Crippen LogP contribution in [0.1, 0.15) is 44.7 Å². The summed E-state index contributed by atoms with van der Waals surface area (Å²) in [6.45, 7) is 4.25. The first-order chi connectivity index (χ1) is 17.8. The predicted molar refractivity (Wildman–Crippen MR) is 144 cm³/mol. The van der Waals surface area contributed by atoms with Crippen molar-refractivity contribution in [3.63, 3.8) is 0 Å². The fourth-order valence-corrected chi connectivity index (χ4v) is 3.94. The largest absolute Gasteiger partial charge is 0.481 e. The number of amides is 2. The first-order valence-corrected chi connectivity index (χ1v) is 12.5. The molecule has 0 bridgehead atoms. The van der Waals surface area contributed by atoms with E-state index in [2.05, 4.69) is 20.9 Å². The van der Waals surface area contributed by atoms with E-state index in [4.69, 9.17) is 0 Å². The topological polar surface area (TPSA) is 120 Å². The minimum atomic E-state index is -1.03. The highest BCUT2D eigenvalue weighted by molar-refractivity contribution is 5.88. The lowest BCUT2D eigenvalue weighted by Crippen LogP contribution is -2.50. The molecule has 0 radical (unpaired) electrons. The van der Waals surface area contributed by atoms with Crippen molar-refractivity contribution in [3.05, 3.63) is 84.6 Å². The number of carboxylic acid groups (broad SMARTS) is 1. The molecule has 0 saturated carbocycles. The minimum absolute atomic E-state index is 0.179. The van der Waals surface area contributed by atoms with E-state index in [0.717, 1.165) is 16.9 Å². The van der Waals surface area contributed by atoms with Gasteiger partial charge in [0.1, 0.15) is 11.9 Å². The van der Waals surface area contributed by atoms with Crippen LogP contribution in [0.5, 0.6) is 0 Å². The smallest absolute Gasteiger partial charge is 0.305 e. The Morgan fingerprint density at radius 2 is 1.54 bits per heavy atom. The van der Waals surface area contributed by atoms with E-state index in [1.807, 2.05) is 86.6 Å². The Kier molecular flexibility index (Phi) is 10.2. The molecule has 0 aliphatic rings. The number of hydrogen-bond acceptors (Lipinski definition) is 5. The summed E-state index contributed by atoms with van der Waals surface area (Å²) in [5, 5.41) is 18.3. The molecule has 2 atom stereocenters. The molecule has 1 aromatic heterocycles. The van der Waals surface area contributed by atoms with Crippen LogP contribution in [0.15, 0.2) is 79.0 Å². The third-order valence-corrected chi connectivity index (χ3v) is 5.93. The molecule has 2 aromatic carbocycles. The van der Waals surface area contributed by atoms with Crippen LogP contribution >= 0.6 is 0 Å². The summed E-state index contributed by atoms with van der Waals surface area (Å²) in [6.07, 6.45) is 2.24. The number of anilines is 1. The minimum Gasteiger partial charge on any atom is -0.481 e. The number of carboxylic acids is 1. The van der Waals surface area contributed by atoms with Gasteiger partial charge < -0.3 is 21.1 Å². The number of nitrogens with zero attached hydrogens (tertiary/aromatic N) is 1. The predicted octanol–water partition coefficient (Wildman–Crippen LogP) is 4.41. The van der Waals surface area contributed by atoms with Crippen LogP contribution in [0.2, 0.25) is 0 Å². The molecular formula is C29H34N4O4. The van der Waals surface area contributed by atoms with Gasteiger partial charge in [-0.15, -0.1) is 0 Å². The van der Waals surface area contributed by atoms with Gasteiger partial charge in [-0.3, -0.25) is 14.4 Å². The van der Waals surface area contributed by atoms with Crippen molar-refractivity contribution in [2.75, 3.05) is 11.9 Å². The first kappa shape index (κ1) is 27.4. The molecule has 4 N–H and O–H groups in total. The van der Waals surface area contributed by atoms with Gasteiger partial charge in [0.05, 0.1) is 12.5 Å². The summed E-state index contributed by atoms with van der Waals surface area (Å²) in [5.74, 6) is -1.11. The lowest BCUT2D eigenvalue weighted by atomic mass is 9.97. The average Bonchev–Trinajstić information content (AvgIpc) is 2.90. The molecule has 0 aliphatic carbocycles. The molecule has 0 saturated heterocycles. The Bertz CT molecular complexity index is 1150. The van der Waals surface area contributed by atoms with Gasteiger partial charge in [0.25, 0.3) is 0 Å². The number of aliphatic carboxylic acids is 1. The van der Waals surface area contributed by atoms with Crippen molar-refractivity contribution in [1.82, 2.24) is 15.6 Å². The van der Waals surface area contributed by atoms with E-state index in [9.17, 15) is 19.5 Å². The molecule has 37 heavy (non-hydrogen) atoms. The van der Waals surface area contributed by atoms with E-state index < -0.39 is 24.0 Å².